The normalized spacial score (nSPS) is 11.1. The van der Waals surface area contributed by atoms with Gasteiger partial charge in [-0.1, -0.05) is 168 Å². The molecular formula is C33H63O4. The van der Waals surface area contributed by atoms with Crippen LogP contribution in [0.3, 0.4) is 0 Å². The van der Waals surface area contributed by atoms with Crippen LogP contribution in [0.5, 0.6) is 0 Å². The molecule has 0 aromatic rings. The molecular weight excluding hydrogens is 460 g/mol. The largest absolute Gasteiger partial charge is 0.417 e. The lowest BCUT2D eigenvalue weighted by Gasteiger charge is -2.06. The summed E-state index contributed by atoms with van der Waals surface area (Å²) in [6.45, 7) is 5.45. The van der Waals surface area contributed by atoms with Crippen molar-refractivity contribution in [2.24, 2.45) is 0 Å². The molecule has 0 N–H and O–H groups in total. The van der Waals surface area contributed by atoms with Crippen LogP contribution in [0.2, 0.25) is 0 Å². The molecule has 219 valence electrons. The zero-order chi connectivity index (χ0) is 27.1. The third-order valence-corrected chi connectivity index (χ3v) is 7.33. The van der Waals surface area contributed by atoms with Crippen LogP contribution in [0.1, 0.15) is 194 Å². The van der Waals surface area contributed by atoms with Gasteiger partial charge in [-0.3, -0.25) is 9.59 Å². The summed E-state index contributed by atoms with van der Waals surface area (Å²) in [4.78, 5) is 23.5. The van der Waals surface area contributed by atoms with Crippen LogP contribution in [0.25, 0.3) is 0 Å². The number of carbonyl (C=O) groups excluding carboxylic acids is 2. The molecule has 0 rings (SSSR count). The first kappa shape index (κ1) is 35.9. The molecule has 0 saturated heterocycles. The minimum atomic E-state index is -0.308. The number of esters is 2. The summed E-state index contributed by atoms with van der Waals surface area (Å²) < 4.78 is 9.86. The molecule has 0 aromatic heterocycles. The topological polar surface area (TPSA) is 52.6 Å². The third kappa shape index (κ3) is 31.1. The van der Waals surface area contributed by atoms with Crippen molar-refractivity contribution in [1.82, 2.24) is 0 Å². The molecule has 0 saturated carbocycles. The van der Waals surface area contributed by atoms with E-state index in [1.807, 2.05) is 0 Å². The van der Waals surface area contributed by atoms with Gasteiger partial charge in [0.25, 0.3) is 0 Å². The molecule has 0 aliphatic heterocycles. The van der Waals surface area contributed by atoms with Crippen molar-refractivity contribution < 1.29 is 19.1 Å². The van der Waals surface area contributed by atoms with Gasteiger partial charge in [0, 0.05) is 12.8 Å². The van der Waals surface area contributed by atoms with Crippen molar-refractivity contribution in [1.29, 1.82) is 0 Å². The maximum Gasteiger partial charge on any atom is 0.320 e. The van der Waals surface area contributed by atoms with Gasteiger partial charge in [0.1, 0.15) is 0 Å². The van der Waals surface area contributed by atoms with Crippen LogP contribution >= 0.6 is 0 Å². The molecule has 4 nitrogen and oxygen atoms in total. The van der Waals surface area contributed by atoms with E-state index >= 15 is 0 Å². The molecule has 0 aromatic carbocycles. The zero-order valence-corrected chi connectivity index (χ0v) is 25.0. The van der Waals surface area contributed by atoms with Crippen molar-refractivity contribution in [3.05, 3.63) is 6.79 Å². The van der Waals surface area contributed by atoms with E-state index in [4.69, 9.17) is 9.47 Å². The Kier molecular flexibility index (Phi) is 30.3. The number of rotatable bonds is 30. The fourth-order valence-electron chi connectivity index (χ4n) is 4.82. The first-order chi connectivity index (χ1) is 18.2. The maximum atomic E-state index is 11.8. The Morgan fingerprint density at radius 1 is 0.378 bits per heavy atom. The average Bonchev–Trinajstić information content (AvgIpc) is 2.89. The first-order valence-corrected chi connectivity index (χ1v) is 16.4. The highest BCUT2D eigenvalue weighted by molar-refractivity contribution is 5.71. The van der Waals surface area contributed by atoms with Gasteiger partial charge >= 0.3 is 18.7 Å². The van der Waals surface area contributed by atoms with Gasteiger partial charge in [-0.15, -0.1) is 0 Å². The molecule has 0 aliphatic carbocycles. The Morgan fingerprint density at radius 2 is 0.595 bits per heavy atom. The lowest BCUT2D eigenvalue weighted by molar-refractivity contribution is -0.156. The van der Waals surface area contributed by atoms with Gasteiger partial charge in [0.05, 0.1) is 0 Å². The summed E-state index contributed by atoms with van der Waals surface area (Å²) in [6, 6.07) is 0. The predicted molar refractivity (Wildman–Crippen MR) is 157 cm³/mol. The summed E-state index contributed by atoms with van der Waals surface area (Å²) in [7, 11) is 0. The molecule has 0 aliphatic rings. The summed E-state index contributed by atoms with van der Waals surface area (Å²) in [5.74, 6) is -0.617. The summed E-state index contributed by atoms with van der Waals surface area (Å²) >= 11 is 0. The predicted octanol–water partition coefficient (Wildman–Crippen LogP) is 11.2. The number of unbranched alkanes of at least 4 members (excludes halogenated alkanes) is 24. The van der Waals surface area contributed by atoms with Gasteiger partial charge in [0.15, 0.2) is 0 Å². The summed E-state index contributed by atoms with van der Waals surface area (Å²) in [6.07, 6.45) is 34.1. The number of hydrogen-bond acceptors (Lipinski definition) is 4. The Bertz CT molecular complexity index is 435. The highest BCUT2D eigenvalue weighted by Gasteiger charge is 2.07. The second kappa shape index (κ2) is 31.2. The van der Waals surface area contributed by atoms with Crippen LogP contribution in [0.15, 0.2) is 0 Å². The fourth-order valence-corrected chi connectivity index (χ4v) is 4.82. The molecule has 0 atom stereocenters. The Balaban J connectivity index is 3.27. The zero-order valence-electron chi connectivity index (χ0n) is 25.0. The van der Waals surface area contributed by atoms with E-state index < -0.39 is 0 Å². The van der Waals surface area contributed by atoms with Gasteiger partial charge < -0.3 is 9.47 Å². The highest BCUT2D eigenvalue weighted by atomic mass is 16.7. The Morgan fingerprint density at radius 3 is 0.838 bits per heavy atom. The highest BCUT2D eigenvalue weighted by Crippen LogP contribution is 2.14. The van der Waals surface area contributed by atoms with Crippen LogP contribution < -0.4 is 0 Å². The third-order valence-electron chi connectivity index (χ3n) is 7.33. The minimum absolute atomic E-state index is 0.308. The van der Waals surface area contributed by atoms with E-state index in [1.54, 1.807) is 0 Å². The SMILES string of the molecule is CCCCCCCCCCCCCCCC(=O)O[CH]OC(=O)CCCCCCCCCCCCCCC. The van der Waals surface area contributed by atoms with E-state index in [0.717, 1.165) is 32.5 Å². The maximum absolute atomic E-state index is 11.8. The molecule has 4 heteroatoms. The van der Waals surface area contributed by atoms with E-state index in [1.165, 1.54) is 141 Å². The van der Waals surface area contributed by atoms with Crippen LogP contribution in [-0.2, 0) is 19.1 Å². The molecule has 0 bridgehead atoms. The molecule has 0 fully saturated rings. The van der Waals surface area contributed by atoms with E-state index in [0.29, 0.717) is 12.8 Å². The molecule has 0 unspecified atom stereocenters. The molecule has 0 amide bonds. The number of hydrogen-bond donors (Lipinski definition) is 0. The quantitative estimate of drug-likeness (QED) is 0.0693. The molecule has 1 radical (unpaired) electrons. The van der Waals surface area contributed by atoms with Crippen molar-refractivity contribution in [2.75, 3.05) is 0 Å². The second-order valence-electron chi connectivity index (χ2n) is 11.1. The van der Waals surface area contributed by atoms with E-state index in [-0.39, 0.29) is 11.9 Å². The van der Waals surface area contributed by atoms with Crippen molar-refractivity contribution >= 4 is 11.9 Å². The van der Waals surface area contributed by atoms with Crippen molar-refractivity contribution in [3.8, 4) is 0 Å². The van der Waals surface area contributed by atoms with Crippen molar-refractivity contribution in [3.63, 3.8) is 0 Å². The monoisotopic (exact) mass is 523 g/mol. The van der Waals surface area contributed by atoms with E-state index in [9.17, 15) is 9.59 Å². The fraction of sp³-hybridized carbons (Fsp3) is 0.909. The van der Waals surface area contributed by atoms with Crippen LogP contribution in [0.4, 0.5) is 0 Å². The van der Waals surface area contributed by atoms with Crippen LogP contribution in [0, 0.1) is 6.79 Å². The summed E-state index contributed by atoms with van der Waals surface area (Å²) in [5.41, 5.74) is 0. The summed E-state index contributed by atoms with van der Waals surface area (Å²) in [5, 5.41) is 0. The van der Waals surface area contributed by atoms with Crippen LogP contribution in [-0.4, -0.2) is 11.9 Å². The van der Waals surface area contributed by atoms with E-state index in [2.05, 4.69) is 13.8 Å². The smallest absolute Gasteiger partial charge is 0.320 e. The van der Waals surface area contributed by atoms with Gasteiger partial charge in [-0.2, -0.15) is 0 Å². The van der Waals surface area contributed by atoms with Gasteiger partial charge in [0.2, 0.25) is 0 Å². The lowest BCUT2D eigenvalue weighted by atomic mass is 10.0. The molecule has 0 spiro atoms. The lowest BCUT2D eigenvalue weighted by Crippen LogP contribution is -2.08. The minimum Gasteiger partial charge on any atom is -0.417 e. The Hall–Kier alpha value is -1.06. The number of ether oxygens (including phenoxy) is 2. The number of carbonyl (C=O) groups is 2. The van der Waals surface area contributed by atoms with Crippen molar-refractivity contribution in [2.45, 2.75) is 194 Å². The second-order valence-corrected chi connectivity index (χ2v) is 11.1. The molecule has 0 heterocycles. The van der Waals surface area contributed by atoms with Gasteiger partial charge in [-0.25, -0.2) is 0 Å². The first-order valence-electron chi connectivity index (χ1n) is 16.4. The average molecular weight is 524 g/mol. The molecule has 37 heavy (non-hydrogen) atoms. The Labute approximate surface area is 231 Å². The standard InChI is InChI=1S/C33H63O4/c1-3-5-7-9-11-13-15-17-19-21-23-25-27-29-32(34)36-31-37-33(35)30-28-26-24-22-20-18-16-14-12-10-8-6-4-2/h31H,3-30H2,1-2H3. The van der Waals surface area contributed by atoms with Gasteiger partial charge in [-0.05, 0) is 12.8 Å².